The third kappa shape index (κ3) is 10.5. The highest BCUT2D eigenvalue weighted by Crippen LogP contribution is 2.27. The Kier molecular flexibility index (Phi) is 11.8. The predicted molar refractivity (Wildman–Crippen MR) is 137 cm³/mol. The summed E-state index contributed by atoms with van der Waals surface area (Å²) in [7, 11) is 0. The number of halogens is 1. The first-order chi connectivity index (χ1) is 16.7. The molecule has 0 spiro atoms. The molecule has 3 atom stereocenters. The molecule has 1 saturated carbocycles. The number of hydrogen-bond acceptors (Lipinski definition) is 5. The van der Waals surface area contributed by atoms with E-state index in [1.165, 1.54) is 6.42 Å². The van der Waals surface area contributed by atoms with E-state index in [0.29, 0.717) is 36.7 Å². The number of hydrogen-bond donors (Lipinski definition) is 6. The molecule has 0 bridgehead atoms. The number of carbonyl (C=O) groups is 3. The number of benzene rings is 1. The van der Waals surface area contributed by atoms with Gasteiger partial charge in [0.2, 0.25) is 17.7 Å². The van der Waals surface area contributed by atoms with Crippen LogP contribution in [0.25, 0.3) is 0 Å². The van der Waals surface area contributed by atoms with Crippen LogP contribution in [0.3, 0.4) is 0 Å². The van der Waals surface area contributed by atoms with E-state index in [4.69, 9.17) is 34.5 Å². The van der Waals surface area contributed by atoms with Gasteiger partial charge in [-0.05, 0) is 42.9 Å². The van der Waals surface area contributed by atoms with Gasteiger partial charge >= 0.3 is 0 Å². The summed E-state index contributed by atoms with van der Waals surface area (Å²) in [5.41, 5.74) is 23.0. The van der Waals surface area contributed by atoms with Gasteiger partial charge < -0.3 is 33.6 Å². The van der Waals surface area contributed by atoms with Gasteiger partial charge in [-0.2, -0.15) is 0 Å². The largest absolute Gasteiger partial charge is 0.370 e. The van der Waals surface area contributed by atoms with Gasteiger partial charge in [0.05, 0.1) is 6.04 Å². The molecule has 194 valence electrons. The number of carbonyl (C=O) groups excluding carboxylic acids is 3. The van der Waals surface area contributed by atoms with Crippen LogP contribution in [0.2, 0.25) is 5.02 Å². The minimum Gasteiger partial charge on any atom is -0.370 e. The van der Waals surface area contributed by atoms with Gasteiger partial charge in [-0.3, -0.25) is 19.4 Å². The first-order valence-electron chi connectivity index (χ1n) is 12.1. The number of amides is 3. The minimum absolute atomic E-state index is 0.0187. The number of rotatable bonds is 13. The summed E-state index contributed by atoms with van der Waals surface area (Å²) in [6.45, 7) is 0.361. The number of nitrogens with one attached hydrogen (secondary N) is 2. The Morgan fingerprint density at radius 3 is 2.20 bits per heavy atom. The molecule has 1 aliphatic carbocycles. The lowest BCUT2D eigenvalue weighted by Crippen LogP contribution is -2.56. The van der Waals surface area contributed by atoms with Crippen LogP contribution >= 0.6 is 11.6 Å². The van der Waals surface area contributed by atoms with Crippen LogP contribution in [0.5, 0.6) is 0 Å². The number of primary amides is 1. The average Bonchev–Trinajstić information content (AvgIpc) is 2.82. The fourth-order valence-corrected chi connectivity index (χ4v) is 4.39. The maximum Gasteiger partial charge on any atom is 0.243 e. The summed E-state index contributed by atoms with van der Waals surface area (Å²) >= 11 is 5.93. The van der Waals surface area contributed by atoms with E-state index < -0.39 is 35.8 Å². The quantitative estimate of drug-likeness (QED) is 0.129. The molecular formula is C24H38ClN7O3. The van der Waals surface area contributed by atoms with Gasteiger partial charge in [-0.1, -0.05) is 55.8 Å². The maximum absolute atomic E-state index is 13.2. The van der Waals surface area contributed by atoms with Gasteiger partial charge in [0, 0.05) is 18.0 Å². The third-order valence-corrected chi connectivity index (χ3v) is 6.50. The van der Waals surface area contributed by atoms with E-state index in [9.17, 15) is 14.4 Å². The van der Waals surface area contributed by atoms with Crippen molar-refractivity contribution >= 4 is 35.3 Å². The molecule has 3 amide bonds. The Morgan fingerprint density at radius 1 is 0.971 bits per heavy atom. The lowest BCUT2D eigenvalue weighted by atomic mass is 9.84. The fourth-order valence-electron chi connectivity index (χ4n) is 4.27. The lowest BCUT2D eigenvalue weighted by molar-refractivity contribution is -0.132. The van der Waals surface area contributed by atoms with Gasteiger partial charge in [0.1, 0.15) is 12.1 Å². The average molecular weight is 508 g/mol. The van der Waals surface area contributed by atoms with Crippen molar-refractivity contribution in [1.29, 1.82) is 0 Å². The molecule has 10 N–H and O–H groups in total. The van der Waals surface area contributed by atoms with E-state index in [1.54, 1.807) is 24.3 Å². The summed E-state index contributed by atoms with van der Waals surface area (Å²) in [6.07, 6.45) is 6.93. The van der Waals surface area contributed by atoms with Crippen molar-refractivity contribution < 1.29 is 14.4 Å². The number of nitrogens with two attached hydrogens (primary N) is 4. The Labute approximate surface area is 211 Å². The van der Waals surface area contributed by atoms with E-state index in [-0.39, 0.29) is 12.4 Å². The second-order valence-electron chi connectivity index (χ2n) is 9.15. The molecule has 1 aliphatic rings. The first kappa shape index (κ1) is 28.4. The topological polar surface area (TPSA) is 192 Å². The summed E-state index contributed by atoms with van der Waals surface area (Å²) in [4.78, 5) is 42.0. The number of nitrogens with zero attached hydrogens (tertiary/aromatic N) is 1. The van der Waals surface area contributed by atoms with Crippen molar-refractivity contribution in [1.82, 2.24) is 10.6 Å². The molecular weight excluding hydrogens is 470 g/mol. The predicted octanol–water partition coefficient (Wildman–Crippen LogP) is 0.689. The maximum atomic E-state index is 13.2. The van der Waals surface area contributed by atoms with Crippen LogP contribution in [-0.2, 0) is 20.8 Å². The molecule has 0 aromatic heterocycles. The van der Waals surface area contributed by atoms with Gasteiger partial charge in [-0.15, -0.1) is 0 Å². The minimum atomic E-state index is -0.928. The molecule has 0 unspecified atom stereocenters. The van der Waals surface area contributed by atoms with Crippen LogP contribution in [-0.4, -0.2) is 48.4 Å². The third-order valence-electron chi connectivity index (χ3n) is 6.24. The smallest absolute Gasteiger partial charge is 0.243 e. The SMILES string of the molecule is NC(=O)[C@H](Cc1ccc(Cl)cc1)NC(=O)[C@H](CC1CCCCC1)NC(=O)[C@@H](N)CCCN=C(N)N. The summed E-state index contributed by atoms with van der Waals surface area (Å²) in [6, 6.07) is 4.39. The summed E-state index contributed by atoms with van der Waals surface area (Å²) in [5.74, 6) is -1.25. The zero-order valence-electron chi connectivity index (χ0n) is 20.0. The van der Waals surface area contributed by atoms with Crippen molar-refractivity contribution in [3.05, 3.63) is 34.9 Å². The Bertz CT molecular complexity index is 868. The molecule has 0 radical (unpaired) electrons. The van der Waals surface area contributed by atoms with Crippen molar-refractivity contribution in [2.24, 2.45) is 33.8 Å². The molecule has 0 aliphatic heterocycles. The van der Waals surface area contributed by atoms with E-state index >= 15 is 0 Å². The van der Waals surface area contributed by atoms with Crippen molar-refractivity contribution in [3.63, 3.8) is 0 Å². The van der Waals surface area contributed by atoms with Gasteiger partial charge in [-0.25, -0.2) is 0 Å². The van der Waals surface area contributed by atoms with Crippen molar-refractivity contribution in [2.45, 2.75) is 75.9 Å². The highest BCUT2D eigenvalue weighted by Gasteiger charge is 2.30. The normalized spacial score (nSPS) is 16.5. The molecule has 11 heteroatoms. The monoisotopic (exact) mass is 507 g/mol. The zero-order chi connectivity index (χ0) is 25.8. The highest BCUT2D eigenvalue weighted by molar-refractivity contribution is 6.30. The molecule has 35 heavy (non-hydrogen) atoms. The molecule has 0 saturated heterocycles. The van der Waals surface area contributed by atoms with Crippen LogP contribution in [0.1, 0.15) is 56.9 Å². The summed E-state index contributed by atoms with van der Waals surface area (Å²) in [5, 5.41) is 6.10. The summed E-state index contributed by atoms with van der Waals surface area (Å²) < 4.78 is 0. The Morgan fingerprint density at radius 2 is 1.60 bits per heavy atom. The second-order valence-corrected chi connectivity index (χ2v) is 9.59. The van der Waals surface area contributed by atoms with Crippen molar-refractivity contribution in [3.8, 4) is 0 Å². The molecule has 2 rings (SSSR count). The number of guanidine groups is 1. The molecule has 0 heterocycles. The lowest BCUT2D eigenvalue weighted by Gasteiger charge is -2.28. The van der Waals surface area contributed by atoms with Crippen molar-refractivity contribution in [2.75, 3.05) is 6.54 Å². The van der Waals surface area contributed by atoms with Gasteiger partial charge in [0.15, 0.2) is 5.96 Å². The zero-order valence-corrected chi connectivity index (χ0v) is 20.8. The van der Waals surface area contributed by atoms with E-state index in [0.717, 1.165) is 31.2 Å². The van der Waals surface area contributed by atoms with Crippen LogP contribution in [0.15, 0.2) is 29.3 Å². The Hall–Kier alpha value is -2.85. The molecule has 1 aromatic carbocycles. The highest BCUT2D eigenvalue weighted by atomic mass is 35.5. The first-order valence-corrected chi connectivity index (χ1v) is 12.5. The van der Waals surface area contributed by atoms with E-state index in [1.807, 2.05) is 0 Å². The fraction of sp³-hybridized carbons (Fsp3) is 0.583. The van der Waals surface area contributed by atoms with Crippen LogP contribution < -0.4 is 33.6 Å². The standard InChI is InChI=1S/C24H38ClN7O3/c25-17-10-8-16(9-11-17)13-19(21(27)33)31-23(35)20(14-15-5-2-1-3-6-15)32-22(34)18(26)7-4-12-30-24(28)29/h8-11,15,18-20H,1-7,12-14,26H2,(H2,27,33)(H,31,35)(H,32,34)(H4,28,29,30)/t18-,19-,20-/m0/s1. The number of aliphatic imine (C=N–C) groups is 1. The molecule has 1 fully saturated rings. The van der Waals surface area contributed by atoms with Crippen LogP contribution in [0.4, 0.5) is 0 Å². The van der Waals surface area contributed by atoms with Crippen LogP contribution in [0, 0.1) is 5.92 Å². The molecule has 1 aromatic rings. The molecule has 10 nitrogen and oxygen atoms in total. The Balaban J connectivity index is 2.05. The second kappa shape index (κ2) is 14.5. The van der Waals surface area contributed by atoms with E-state index in [2.05, 4.69) is 15.6 Å². The van der Waals surface area contributed by atoms with Gasteiger partial charge in [0.25, 0.3) is 0 Å².